The van der Waals surface area contributed by atoms with Gasteiger partial charge in [-0.25, -0.2) is 9.18 Å². The highest BCUT2D eigenvalue weighted by Gasteiger charge is 2.53. The van der Waals surface area contributed by atoms with Gasteiger partial charge in [-0.3, -0.25) is 4.79 Å². The molecule has 0 heterocycles. The third-order valence-electron chi connectivity index (χ3n) is 8.41. The van der Waals surface area contributed by atoms with Gasteiger partial charge in [-0.1, -0.05) is 13.8 Å². The van der Waals surface area contributed by atoms with Crippen molar-refractivity contribution in [2.24, 2.45) is 23.2 Å². The largest absolute Gasteiger partial charge is 0.493 e. The van der Waals surface area contributed by atoms with Crippen LogP contribution in [0.15, 0.2) is 12.1 Å². The average molecular weight is 472 g/mol. The molecule has 5 rings (SSSR count). The van der Waals surface area contributed by atoms with Crippen molar-refractivity contribution >= 4 is 11.9 Å². The molecule has 1 amide bonds. The Kier molecular flexibility index (Phi) is 6.14. The monoisotopic (exact) mass is 471 g/mol. The van der Waals surface area contributed by atoms with Gasteiger partial charge < -0.3 is 14.8 Å². The molecule has 1 N–H and O–H groups in total. The first kappa shape index (κ1) is 23.6. The number of carbonyl (C=O) groups is 2. The molecule has 6 heteroatoms. The van der Waals surface area contributed by atoms with Gasteiger partial charge in [0.2, 0.25) is 0 Å². The maximum Gasteiger partial charge on any atom is 0.331 e. The number of esters is 1. The topological polar surface area (TPSA) is 64.6 Å². The zero-order valence-electron chi connectivity index (χ0n) is 20.8. The van der Waals surface area contributed by atoms with Gasteiger partial charge in [0.05, 0.1) is 18.8 Å². The molecule has 0 saturated heterocycles. The highest BCUT2D eigenvalue weighted by atomic mass is 19.1. The van der Waals surface area contributed by atoms with E-state index in [1.807, 2.05) is 0 Å². The molecule has 1 aromatic rings. The van der Waals surface area contributed by atoms with Crippen molar-refractivity contribution in [3.63, 3.8) is 0 Å². The van der Waals surface area contributed by atoms with E-state index in [2.05, 4.69) is 19.2 Å². The zero-order valence-corrected chi connectivity index (χ0v) is 20.8. The summed E-state index contributed by atoms with van der Waals surface area (Å²) in [5.74, 6) is 1.66. The lowest BCUT2D eigenvalue weighted by Gasteiger charge is -2.47. The highest BCUT2D eigenvalue weighted by molar-refractivity contribution is 5.99. The van der Waals surface area contributed by atoms with Crippen LogP contribution >= 0.6 is 0 Å². The fourth-order valence-corrected chi connectivity index (χ4v) is 6.72. The van der Waals surface area contributed by atoms with Crippen molar-refractivity contribution in [2.45, 2.75) is 90.0 Å². The first-order valence-electron chi connectivity index (χ1n) is 13.2. The molecule has 0 spiro atoms. The summed E-state index contributed by atoms with van der Waals surface area (Å²) < 4.78 is 26.6. The lowest BCUT2D eigenvalue weighted by molar-refractivity contribution is -0.146. The number of rotatable bonds is 8. The molecule has 2 unspecified atom stereocenters. The van der Waals surface area contributed by atoms with Crippen molar-refractivity contribution in [3.8, 4) is 5.75 Å². The number of nitrogens with one attached hydrogen (secondary N) is 1. The van der Waals surface area contributed by atoms with E-state index in [1.54, 1.807) is 13.0 Å². The molecule has 34 heavy (non-hydrogen) atoms. The third-order valence-corrected chi connectivity index (χ3v) is 8.41. The van der Waals surface area contributed by atoms with E-state index in [-0.39, 0.29) is 17.6 Å². The summed E-state index contributed by atoms with van der Waals surface area (Å²) in [6.07, 6.45) is 9.40. The van der Waals surface area contributed by atoms with E-state index in [9.17, 15) is 9.59 Å². The average Bonchev–Trinajstić information content (AvgIpc) is 3.67. The molecular formula is C28H38FNO4. The minimum Gasteiger partial charge on any atom is -0.493 e. The second kappa shape index (κ2) is 8.83. The van der Waals surface area contributed by atoms with Crippen LogP contribution in [0.5, 0.6) is 5.75 Å². The predicted molar refractivity (Wildman–Crippen MR) is 127 cm³/mol. The van der Waals surface area contributed by atoms with Crippen LogP contribution in [0, 0.1) is 29.0 Å². The third kappa shape index (κ3) is 4.83. The molecule has 2 bridgehead atoms. The first-order valence-corrected chi connectivity index (χ1v) is 13.2. The van der Waals surface area contributed by atoms with Crippen molar-refractivity contribution in [3.05, 3.63) is 29.1 Å². The fourth-order valence-electron chi connectivity index (χ4n) is 6.72. The number of benzene rings is 1. The van der Waals surface area contributed by atoms with E-state index >= 15 is 4.39 Å². The molecule has 0 aromatic heterocycles. The quantitative estimate of drug-likeness (QED) is 0.490. The van der Waals surface area contributed by atoms with E-state index in [4.69, 9.17) is 9.47 Å². The van der Waals surface area contributed by atoms with Crippen LogP contribution in [-0.2, 0) is 9.53 Å². The second-order valence-electron chi connectivity index (χ2n) is 12.0. The molecular weight excluding hydrogens is 433 g/mol. The summed E-state index contributed by atoms with van der Waals surface area (Å²) in [4.78, 5) is 25.2. The van der Waals surface area contributed by atoms with Gasteiger partial charge in [0.15, 0.2) is 0 Å². The van der Waals surface area contributed by atoms with Crippen LogP contribution in [-0.4, -0.2) is 30.6 Å². The van der Waals surface area contributed by atoms with Crippen molar-refractivity contribution < 1.29 is 23.5 Å². The maximum atomic E-state index is 15.1. The Morgan fingerprint density at radius 3 is 2.38 bits per heavy atom. The lowest BCUT2D eigenvalue weighted by atomic mass is 9.60. The number of hydrogen-bond acceptors (Lipinski definition) is 4. The zero-order chi connectivity index (χ0) is 24.1. The molecule has 2 atom stereocenters. The Bertz CT molecular complexity index is 949. The Balaban J connectivity index is 1.30. The molecule has 1 aromatic carbocycles. The van der Waals surface area contributed by atoms with Gasteiger partial charge in [0, 0.05) is 11.5 Å². The van der Waals surface area contributed by atoms with Crippen molar-refractivity contribution in [1.82, 2.24) is 5.32 Å². The van der Waals surface area contributed by atoms with Gasteiger partial charge in [-0.15, -0.1) is 0 Å². The number of hydrogen-bond donors (Lipinski definition) is 1. The van der Waals surface area contributed by atoms with Crippen LogP contribution in [0.25, 0.3) is 0 Å². The molecule has 186 valence electrons. The van der Waals surface area contributed by atoms with Crippen molar-refractivity contribution in [1.29, 1.82) is 0 Å². The van der Waals surface area contributed by atoms with E-state index in [0.29, 0.717) is 31.1 Å². The molecule has 4 aliphatic carbocycles. The van der Waals surface area contributed by atoms with E-state index < -0.39 is 23.2 Å². The van der Waals surface area contributed by atoms with E-state index in [0.717, 1.165) is 36.2 Å². The van der Waals surface area contributed by atoms with Crippen molar-refractivity contribution in [2.75, 3.05) is 13.2 Å². The molecule has 4 saturated carbocycles. The maximum absolute atomic E-state index is 15.1. The Labute approximate surface area is 202 Å². The summed E-state index contributed by atoms with van der Waals surface area (Å²) in [7, 11) is 0. The fraction of sp³-hybridized carbons (Fsp3) is 0.714. The van der Waals surface area contributed by atoms with E-state index in [1.165, 1.54) is 38.2 Å². The van der Waals surface area contributed by atoms with Gasteiger partial charge in [-0.05, 0) is 100 Å². The predicted octanol–water partition coefficient (Wildman–Crippen LogP) is 5.76. The van der Waals surface area contributed by atoms with Gasteiger partial charge in [0.1, 0.15) is 17.1 Å². The van der Waals surface area contributed by atoms with Gasteiger partial charge >= 0.3 is 5.97 Å². The molecule has 5 nitrogen and oxygen atoms in total. The smallest absolute Gasteiger partial charge is 0.331 e. The summed E-state index contributed by atoms with van der Waals surface area (Å²) in [6.45, 7) is 7.27. The standard InChI is InChI=1S/C28H38FNO4/c1-4-33-26(32)28(7-8-28)30-25(31)22-12-21(20-5-6-20)24(13-23(22)29)34-16-27(3)14-18-9-17(2)10-19(11-18)15-27/h12-13,17-20H,4-11,14-16H2,1-3H3,(H,30,31). The Morgan fingerprint density at radius 1 is 1.12 bits per heavy atom. The molecule has 0 aliphatic heterocycles. The number of ether oxygens (including phenoxy) is 2. The Hall–Kier alpha value is -2.11. The molecule has 4 fully saturated rings. The summed E-state index contributed by atoms with van der Waals surface area (Å²) in [5.41, 5.74) is 0.0107. The number of carbonyl (C=O) groups excluding carboxylic acids is 2. The van der Waals surface area contributed by atoms with Gasteiger partial charge in [-0.2, -0.15) is 0 Å². The van der Waals surface area contributed by atoms with Gasteiger partial charge in [0.25, 0.3) is 5.91 Å². The van der Waals surface area contributed by atoms with Crippen LogP contribution in [0.2, 0.25) is 0 Å². The summed E-state index contributed by atoms with van der Waals surface area (Å²) >= 11 is 0. The molecule has 4 aliphatic rings. The van der Waals surface area contributed by atoms with Crippen LogP contribution in [0.4, 0.5) is 4.39 Å². The highest BCUT2D eigenvalue weighted by Crippen LogP contribution is 2.51. The van der Waals surface area contributed by atoms with Crippen LogP contribution < -0.4 is 10.1 Å². The number of amides is 1. The summed E-state index contributed by atoms with van der Waals surface area (Å²) in [6, 6.07) is 3.04. The normalized spacial score (nSPS) is 31.5. The number of halogens is 1. The van der Waals surface area contributed by atoms with Crippen LogP contribution in [0.1, 0.15) is 100 Å². The number of fused-ring (bicyclic) bond motifs is 2. The first-order chi connectivity index (χ1) is 16.2. The Morgan fingerprint density at radius 2 is 1.79 bits per heavy atom. The molecule has 0 radical (unpaired) electrons. The van der Waals surface area contributed by atoms with Crippen LogP contribution in [0.3, 0.4) is 0 Å². The minimum atomic E-state index is -1.00. The summed E-state index contributed by atoms with van der Waals surface area (Å²) in [5, 5.41) is 2.74. The SMILES string of the molecule is CCOC(=O)C1(NC(=O)c2cc(C3CC3)c(OCC3(C)CC4CC(C)CC(C4)C3)cc2F)CC1. The minimum absolute atomic E-state index is 0.0165. The lowest BCUT2D eigenvalue weighted by Crippen LogP contribution is -2.44. The second-order valence-corrected chi connectivity index (χ2v) is 12.0.